The van der Waals surface area contributed by atoms with Crippen LogP contribution >= 0.6 is 0 Å². The third-order valence-corrected chi connectivity index (χ3v) is 2.80. The number of halogens is 2. The van der Waals surface area contributed by atoms with E-state index in [4.69, 9.17) is 0 Å². The van der Waals surface area contributed by atoms with Crippen LogP contribution in [0.15, 0.2) is 18.2 Å². The predicted octanol–water partition coefficient (Wildman–Crippen LogP) is 2.34. The summed E-state index contributed by atoms with van der Waals surface area (Å²) in [6.07, 6.45) is -0.192. The molecule has 1 N–H and O–H groups in total. The zero-order valence-corrected chi connectivity index (χ0v) is 11.2. The van der Waals surface area contributed by atoms with Crippen molar-refractivity contribution < 1.29 is 18.4 Å². The highest BCUT2D eigenvalue weighted by Gasteiger charge is 2.25. The minimum absolute atomic E-state index is 0.168. The van der Waals surface area contributed by atoms with E-state index in [9.17, 15) is 18.4 Å². The fourth-order valence-electron chi connectivity index (χ4n) is 1.74. The molecule has 0 aliphatic heterocycles. The average molecular weight is 269 g/mol. The first-order chi connectivity index (χ1) is 8.72. The van der Waals surface area contributed by atoms with Gasteiger partial charge in [-0.2, -0.15) is 0 Å². The van der Waals surface area contributed by atoms with Crippen molar-refractivity contribution in [1.29, 1.82) is 0 Å². The maximum Gasteiger partial charge on any atom is 0.227 e. The smallest absolute Gasteiger partial charge is 0.227 e. The Morgan fingerprint density at radius 1 is 1.26 bits per heavy atom. The SMILES string of the molecule is CC(=O)CC(=O)NCC(C)(C)c1ccc(F)cc1F. The molecule has 0 fully saturated rings. The molecule has 0 aliphatic carbocycles. The van der Waals surface area contributed by atoms with E-state index < -0.39 is 23.0 Å². The van der Waals surface area contributed by atoms with Gasteiger partial charge in [-0.1, -0.05) is 19.9 Å². The molecule has 1 aromatic rings. The molecular formula is C14H17F2NO2. The van der Waals surface area contributed by atoms with E-state index in [0.717, 1.165) is 6.07 Å². The largest absolute Gasteiger partial charge is 0.355 e. The average Bonchev–Trinajstić information content (AvgIpc) is 2.25. The second kappa shape index (κ2) is 5.91. The molecule has 0 heterocycles. The molecule has 5 heteroatoms. The van der Waals surface area contributed by atoms with Gasteiger partial charge >= 0.3 is 0 Å². The molecule has 1 aromatic carbocycles. The third kappa shape index (κ3) is 4.43. The van der Waals surface area contributed by atoms with Gasteiger partial charge in [-0.3, -0.25) is 9.59 Å². The molecule has 1 rings (SSSR count). The lowest BCUT2D eigenvalue weighted by atomic mass is 9.84. The summed E-state index contributed by atoms with van der Waals surface area (Å²) in [5.74, 6) is -1.92. The highest BCUT2D eigenvalue weighted by Crippen LogP contribution is 2.25. The Kier molecular flexibility index (Phi) is 4.75. The molecule has 104 valence electrons. The van der Waals surface area contributed by atoms with Crippen molar-refractivity contribution in [3.05, 3.63) is 35.4 Å². The molecule has 0 saturated heterocycles. The monoisotopic (exact) mass is 269 g/mol. The Morgan fingerprint density at radius 2 is 1.89 bits per heavy atom. The van der Waals surface area contributed by atoms with Crippen LogP contribution in [0.3, 0.4) is 0 Å². The zero-order chi connectivity index (χ0) is 14.6. The van der Waals surface area contributed by atoms with Crippen molar-refractivity contribution >= 4 is 11.7 Å². The summed E-state index contributed by atoms with van der Waals surface area (Å²) in [4.78, 5) is 22.2. The number of hydrogen-bond acceptors (Lipinski definition) is 2. The molecule has 0 atom stereocenters. The zero-order valence-electron chi connectivity index (χ0n) is 11.2. The summed E-state index contributed by atoms with van der Waals surface area (Å²) >= 11 is 0. The van der Waals surface area contributed by atoms with E-state index in [1.807, 2.05) is 0 Å². The van der Waals surface area contributed by atoms with Gasteiger partial charge in [0.05, 0.1) is 6.42 Å². The van der Waals surface area contributed by atoms with E-state index in [1.165, 1.54) is 19.1 Å². The molecule has 0 radical (unpaired) electrons. The Hall–Kier alpha value is -1.78. The van der Waals surface area contributed by atoms with E-state index in [1.54, 1.807) is 13.8 Å². The van der Waals surface area contributed by atoms with Gasteiger partial charge in [-0.25, -0.2) is 8.78 Å². The van der Waals surface area contributed by atoms with Gasteiger partial charge in [0.2, 0.25) is 5.91 Å². The van der Waals surface area contributed by atoms with Gasteiger partial charge < -0.3 is 5.32 Å². The van der Waals surface area contributed by atoms with Crippen LogP contribution in [0.25, 0.3) is 0 Å². The van der Waals surface area contributed by atoms with E-state index in [-0.39, 0.29) is 18.7 Å². The van der Waals surface area contributed by atoms with E-state index >= 15 is 0 Å². The second-order valence-electron chi connectivity index (χ2n) is 5.16. The summed E-state index contributed by atoms with van der Waals surface area (Å²) in [6.45, 7) is 4.96. The molecule has 0 aliphatic rings. The first-order valence-corrected chi connectivity index (χ1v) is 5.94. The second-order valence-corrected chi connectivity index (χ2v) is 5.16. The van der Waals surface area contributed by atoms with Crippen LogP contribution < -0.4 is 5.32 Å². The summed E-state index contributed by atoms with van der Waals surface area (Å²) in [6, 6.07) is 3.35. The lowest BCUT2D eigenvalue weighted by Crippen LogP contribution is -2.37. The van der Waals surface area contributed by atoms with Gasteiger partial charge in [0.15, 0.2) is 0 Å². The van der Waals surface area contributed by atoms with E-state index in [0.29, 0.717) is 5.56 Å². The van der Waals surface area contributed by atoms with Crippen LogP contribution in [0.5, 0.6) is 0 Å². The predicted molar refractivity (Wildman–Crippen MR) is 67.7 cm³/mol. The lowest BCUT2D eigenvalue weighted by molar-refractivity contribution is -0.127. The Balaban J connectivity index is 2.75. The lowest BCUT2D eigenvalue weighted by Gasteiger charge is -2.26. The number of nitrogens with one attached hydrogen (secondary N) is 1. The first-order valence-electron chi connectivity index (χ1n) is 5.94. The summed E-state index contributed by atoms with van der Waals surface area (Å²) < 4.78 is 26.5. The van der Waals surface area contributed by atoms with Crippen LogP contribution in [0.4, 0.5) is 8.78 Å². The van der Waals surface area contributed by atoms with Crippen LogP contribution in [-0.2, 0) is 15.0 Å². The Bertz CT molecular complexity index is 498. The van der Waals surface area contributed by atoms with Gasteiger partial charge in [0.1, 0.15) is 17.4 Å². The maximum atomic E-state index is 13.7. The molecule has 0 spiro atoms. The minimum Gasteiger partial charge on any atom is -0.355 e. The molecule has 3 nitrogen and oxygen atoms in total. The molecule has 1 amide bonds. The Morgan fingerprint density at radius 3 is 2.42 bits per heavy atom. The highest BCUT2D eigenvalue weighted by atomic mass is 19.1. The van der Waals surface area contributed by atoms with Crippen molar-refractivity contribution in [2.45, 2.75) is 32.6 Å². The first kappa shape index (κ1) is 15.3. The quantitative estimate of drug-likeness (QED) is 0.834. The summed E-state index contributed by atoms with van der Waals surface area (Å²) in [5.41, 5.74) is -0.374. The molecule has 19 heavy (non-hydrogen) atoms. The number of carbonyl (C=O) groups excluding carboxylic acids is 2. The van der Waals surface area contributed by atoms with Crippen molar-refractivity contribution in [3.8, 4) is 0 Å². The third-order valence-electron chi connectivity index (χ3n) is 2.80. The van der Waals surface area contributed by atoms with Gasteiger partial charge in [0.25, 0.3) is 0 Å². The van der Waals surface area contributed by atoms with Crippen molar-refractivity contribution in [2.75, 3.05) is 6.54 Å². The van der Waals surface area contributed by atoms with Crippen LogP contribution in [0.1, 0.15) is 32.8 Å². The van der Waals surface area contributed by atoms with Crippen LogP contribution in [0.2, 0.25) is 0 Å². The van der Waals surface area contributed by atoms with Gasteiger partial charge in [-0.05, 0) is 18.6 Å². The number of hydrogen-bond donors (Lipinski definition) is 1. The number of rotatable bonds is 5. The molecule has 0 bridgehead atoms. The highest BCUT2D eigenvalue weighted by molar-refractivity contribution is 5.96. The van der Waals surface area contributed by atoms with Crippen molar-refractivity contribution in [1.82, 2.24) is 5.32 Å². The normalized spacial score (nSPS) is 11.2. The number of ketones is 1. The number of Topliss-reactive ketones (excluding diaryl/α,β-unsaturated/α-hetero) is 1. The maximum absolute atomic E-state index is 13.7. The molecule has 0 unspecified atom stereocenters. The summed E-state index contributed by atoms with van der Waals surface area (Å²) in [7, 11) is 0. The van der Waals surface area contributed by atoms with Crippen LogP contribution in [0, 0.1) is 11.6 Å². The topological polar surface area (TPSA) is 46.2 Å². The molecule has 0 saturated carbocycles. The fourth-order valence-corrected chi connectivity index (χ4v) is 1.74. The molecular weight excluding hydrogens is 252 g/mol. The van der Waals surface area contributed by atoms with Gasteiger partial charge in [0, 0.05) is 18.0 Å². The standard InChI is InChI=1S/C14H17F2NO2/c1-9(18)6-13(19)17-8-14(2,3)11-5-4-10(15)7-12(11)16/h4-5,7H,6,8H2,1-3H3,(H,17,19). The molecule has 0 aromatic heterocycles. The van der Waals surface area contributed by atoms with Gasteiger partial charge in [-0.15, -0.1) is 0 Å². The number of carbonyl (C=O) groups is 2. The van der Waals surface area contributed by atoms with Crippen molar-refractivity contribution in [3.63, 3.8) is 0 Å². The van der Waals surface area contributed by atoms with E-state index in [2.05, 4.69) is 5.32 Å². The number of benzene rings is 1. The number of amides is 1. The minimum atomic E-state index is -0.690. The summed E-state index contributed by atoms with van der Waals surface area (Å²) in [5, 5.41) is 2.57. The fraction of sp³-hybridized carbons (Fsp3) is 0.429. The Labute approximate surface area is 111 Å². The van der Waals surface area contributed by atoms with Crippen molar-refractivity contribution in [2.24, 2.45) is 0 Å². The van der Waals surface area contributed by atoms with Crippen LogP contribution in [-0.4, -0.2) is 18.2 Å².